The number of halogens is 2. The SMILES string of the molecule is CC/C=C/C=C(\N)c1cc(Cc2c(Cl)cc(OCC)cc2Cl)ccc1C.O=CO. The van der Waals surface area contributed by atoms with Crippen molar-refractivity contribution in [1.29, 1.82) is 0 Å². The number of aryl methyl sites for hydroxylation is 1. The van der Waals surface area contributed by atoms with Gasteiger partial charge in [0, 0.05) is 27.7 Å². The van der Waals surface area contributed by atoms with Crippen LogP contribution in [0.3, 0.4) is 0 Å². The van der Waals surface area contributed by atoms with Crippen molar-refractivity contribution in [1.82, 2.24) is 0 Å². The fourth-order valence-electron chi connectivity index (χ4n) is 2.69. The van der Waals surface area contributed by atoms with Crippen LogP contribution in [0.5, 0.6) is 5.75 Å². The van der Waals surface area contributed by atoms with Crippen LogP contribution in [0.2, 0.25) is 10.0 Å². The number of hydrogen-bond acceptors (Lipinski definition) is 3. The second-order valence-electron chi connectivity index (χ2n) is 6.19. The number of carboxylic acid groups (broad SMARTS) is 1. The van der Waals surface area contributed by atoms with Crippen LogP contribution in [-0.2, 0) is 11.2 Å². The smallest absolute Gasteiger partial charge is 0.290 e. The van der Waals surface area contributed by atoms with Gasteiger partial charge in [-0.15, -0.1) is 0 Å². The average Bonchev–Trinajstić information content (AvgIpc) is 2.67. The van der Waals surface area contributed by atoms with Crippen LogP contribution in [0.15, 0.2) is 48.6 Å². The number of hydrogen-bond donors (Lipinski definition) is 2. The standard InChI is InChI=1S/C22H25Cl2NO.CH2O2/c1-4-6-7-8-22(25)18-11-16(10-9-15(18)3)12-19-20(23)13-17(26-5-2)14-21(19)24;2-1-3/h6-11,13-14H,4-5,12,25H2,1-3H3;1H,(H,2,3)/b7-6+,22-8-;. The van der Waals surface area contributed by atoms with Gasteiger partial charge in [-0.05, 0) is 61.2 Å². The quantitative estimate of drug-likeness (QED) is 0.397. The molecule has 156 valence electrons. The van der Waals surface area contributed by atoms with Crippen LogP contribution in [0.4, 0.5) is 0 Å². The highest BCUT2D eigenvalue weighted by molar-refractivity contribution is 6.36. The van der Waals surface area contributed by atoms with E-state index in [9.17, 15) is 0 Å². The summed E-state index contributed by atoms with van der Waals surface area (Å²) in [5, 5.41) is 8.11. The summed E-state index contributed by atoms with van der Waals surface area (Å²) in [5.74, 6) is 0.686. The van der Waals surface area contributed by atoms with E-state index in [1.54, 1.807) is 0 Å². The molecule has 29 heavy (non-hydrogen) atoms. The molecule has 0 saturated carbocycles. The van der Waals surface area contributed by atoms with E-state index < -0.39 is 0 Å². The molecule has 0 radical (unpaired) electrons. The Labute approximate surface area is 182 Å². The van der Waals surface area contributed by atoms with E-state index in [4.69, 9.17) is 43.6 Å². The topological polar surface area (TPSA) is 72.5 Å². The third-order valence-electron chi connectivity index (χ3n) is 4.07. The molecule has 0 aliphatic heterocycles. The molecule has 0 spiro atoms. The van der Waals surface area contributed by atoms with E-state index in [1.165, 1.54) is 0 Å². The summed E-state index contributed by atoms with van der Waals surface area (Å²) in [6.07, 6.45) is 7.62. The van der Waals surface area contributed by atoms with Gasteiger partial charge in [0.15, 0.2) is 0 Å². The first kappa shape index (κ1) is 24.6. The monoisotopic (exact) mass is 435 g/mol. The third kappa shape index (κ3) is 7.84. The van der Waals surface area contributed by atoms with Gasteiger partial charge in [-0.25, -0.2) is 0 Å². The molecule has 0 atom stereocenters. The summed E-state index contributed by atoms with van der Waals surface area (Å²) in [5.41, 5.74) is 11.2. The van der Waals surface area contributed by atoms with Gasteiger partial charge >= 0.3 is 0 Å². The minimum atomic E-state index is -0.250. The van der Waals surface area contributed by atoms with Gasteiger partial charge in [-0.1, -0.05) is 54.4 Å². The van der Waals surface area contributed by atoms with Crippen molar-refractivity contribution < 1.29 is 14.6 Å². The Hall–Kier alpha value is -2.43. The summed E-state index contributed by atoms with van der Waals surface area (Å²) in [6.45, 7) is 6.40. The van der Waals surface area contributed by atoms with Crippen LogP contribution in [-0.4, -0.2) is 18.2 Å². The van der Waals surface area contributed by atoms with Crippen LogP contribution in [0, 0.1) is 6.92 Å². The molecular weight excluding hydrogens is 409 g/mol. The average molecular weight is 436 g/mol. The molecule has 0 aliphatic rings. The van der Waals surface area contributed by atoms with Crippen LogP contribution in [0.25, 0.3) is 5.70 Å². The third-order valence-corrected chi connectivity index (χ3v) is 4.74. The first-order chi connectivity index (χ1) is 13.9. The highest BCUT2D eigenvalue weighted by atomic mass is 35.5. The van der Waals surface area contributed by atoms with Crippen molar-refractivity contribution >= 4 is 35.4 Å². The van der Waals surface area contributed by atoms with Crippen LogP contribution >= 0.6 is 23.2 Å². The molecule has 4 nitrogen and oxygen atoms in total. The lowest BCUT2D eigenvalue weighted by Crippen LogP contribution is -2.01. The number of carbonyl (C=O) groups is 1. The minimum Gasteiger partial charge on any atom is -0.494 e. The minimum absolute atomic E-state index is 0.250. The first-order valence-corrected chi connectivity index (χ1v) is 10.0. The lowest BCUT2D eigenvalue weighted by Gasteiger charge is -2.13. The molecule has 0 aliphatic carbocycles. The Kier molecular flexibility index (Phi) is 11.0. The second-order valence-corrected chi connectivity index (χ2v) is 7.00. The fourth-order valence-corrected chi connectivity index (χ4v) is 3.29. The fraction of sp³-hybridized carbons (Fsp3) is 0.261. The maximum Gasteiger partial charge on any atom is 0.290 e. The highest BCUT2D eigenvalue weighted by Crippen LogP contribution is 2.32. The number of nitrogens with two attached hydrogens (primary N) is 1. The van der Waals surface area contributed by atoms with E-state index in [1.807, 2.05) is 31.2 Å². The molecule has 0 aromatic heterocycles. The molecule has 3 N–H and O–H groups in total. The maximum atomic E-state index is 8.36. The lowest BCUT2D eigenvalue weighted by atomic mass is 9.98. The van der Waals surface area contributed by atoms with Crippen molar-refractivity contribution in [2.24, 2.45) is 5.73 Å². The molecule has 2 aromatic rings. The number of allylic oxidation sites excluding steroid dienone is 3. The molecule has 0 amide bonds. The summed E-state index contributed by atoms with van der Waals surface area (Å²) in [7, 11) is 0. The van der Waals surface area contributed by atoms with Crippen LogP contribution < -0.4 is 10.5 Å². The van der Waals surface area contributed by atoms with Crippen molar-refractivity contribution in [2.45, 2.75) is 33.6 Å². The van der Waals surface area contributed by atoms with E-state index in [0.717, 1.165) is 34.4 Å². The number of rotatable bonds is 7. The van der Waals surface area contributed by atoms with Gasteiger partial charge in [0.25, 0.3) is 6.47 Å². The molecule has 6 heteroatoms. The largest absolute Gasteiger partial charge is 0.494 e. The Bertz CT molecular complexity index is 853. The zero-order valence-corrected chi connectivity index (χ0v) is 18.4. The van der Waals surface area contributed by atoms with E-state index in [2.05, 4.69) is 38.1 Å². The molecule has 0 unspecified atom stereocenters. The van der Waals surface area contributed by atoms with Gasteiger partial charge < -0.3 is 15.6 Å². The van der Waals surface area contributed by atoms with Crippen molar-refractivity contribution in [2.75, 3.05) is 6.61 Å². The maximum absolute atomic E-state index is 8.36. The zero-order chi connectivity index (χ0) is 21.8. The number of ether oxygens (including phenoxy) is 1. The molecule has 2 rings (SSSR count). The Morgan fingerprint density at radius 3 is 2.34 bits per heavy atom. The molecular formula is C23H27Cl2NO3. The molecule has 0 heterocycles. The first-order valence-electron chi connectivity index (χ1n) is 9.28. The molecule has 0 fully saturated rings. The Morgan fingerprint density at radius 1 is 1.17 bits per heavy atom. The summed E-state index contributed by atoms with van der Waals surface area (Å²) < 4.78 is 5.49. The molecule has 2 aromatic carbocycles. The second kappa shape index (κ2) is 12.9. The normalized spacial score (nSPS) is 11.1. The van der Waals surface area contributed by atoms with E-state index >= 15 is 0 Å². The predicted molar refractivity (Wildman–Crippen MR) is 122 cm³/mol. The Balaban J connectivity index is 0.00000132. The van der Waals surface area contributed by atoms with Gasteiger partial charge in [-0.2, -0.15) is 0 Å². The van der Waals surface area contributed by atoms with Crippen LogP contribution in [0.1, 0.15) is 42.5 Å². The lowest BCUT2D eigenvalue weighted by molar-refractivity contribution is -0.122. The Morgan fingerprint density at radius 2 is 1.79 bits per heavy atom. The van der Waals surface area contributed by atoms with Gasteiger partial charge in [0.05, 0.1) is 6.61 Å². The summed E-state index contributed by atoms with van der Waals surface area (Å²) in [4.78, 5) is 8.36. The van der Waals surface area contributed by atoms with Crippen molar-refractivity contribution in [3.63, 3.8) is 0 Å². The van der Waals surface area contributed by atoms with E-state index in [0.29, 0.717) is 28.8 Å². The molecule has 0 saturated heterocycles. The number of benzene rings is 2. The predicted octanol–water partition coefficient (Wildman–Crippen LogP) is 6.26. The van der Waals surface area contributed by atoms with Gasteiger partial charge in [-0.3, -0.25) is 4.79 Å². The summed E-state index contributed by atoms with van der Waals surface area (Å²) >= 11 is 12.9. The van der Waals surface area contributed by atoms with Gasteiger partial charge in [0.1, 0.15) is 5.75 Å². The zero-order valence-electron chi connectivity index (χ0n) is 16.9. The van der Waals surface area contributed by atoms with Crippen molar-refractivity contribution in [3.8, 4) is 5.75 Å². The summed E-state index contributed by atoms with van der Waals surface area (Å²) in [6, 6.07) is 9.88. The van der Waals surface area contributed by atoms with Crippen molar-refractivity contribution in [3.05, 3.63) is 80.9 Å². The molecule has 0 bridgehead atoms. The highest BCUT2D eigenvalue weighted by Gasteiger charge is 2.11. The van der Waals surface area contributed by atoms with E-state index in [-0.39, 0.29) is 6.47 Å². The van der Waals surface area contributed by atoms with Gasteiger partial charge in [0.2, 0.25) is 0 Å².